The zero-order valence-corrected chi connectivity index (χ0v) is 15.0. The van der Waals surface area contributed by atoms with Gasteiger partial charge in [0, 0.05) is 37.4 Å². The lowest BCUT2D eigenvalue weighted by atomic mass is 10.1. The number of halogens is 3. The van der Waals surface area contributed by atoms with E-state index in [9.17, 15) is 22.8 Å². The maximum atomic E-state index is 12.4. The molecule has 2 aliphatic rings. The molecule has 1 aromatic rings. The van der Waals surface area contributed by atoms with Crippen molar-refractivity contribution in [2.45, 2.75) is 25.6 Å². The molecule has 154 valence electrons. The highest BCUT2D eigenvalue weighted by atomic mass is 19.4. The van der Waals surface area contributed by atoms with E-state index in [0.717, 1.165) is 24.3 Å². The average Bonchev–Trinajstić information content (AvgIpc) is 2.92. The van der Waals surface area contributed by atoms with Gasteiger partial charge in [-0.2, -0.15) is 13.2 Å². The second-order valence-electron chi connectivity index (χ2n) is 6.57. The highest BCUT2D eigenvalue weighted by molar-refractivity contribution is 5.98. The zero-order chi connectivity index (χ0) is 21.1. The maximum absolute atomic E-state index is 12.4. The third-order valence-corrected chi connectivity index (χ3v) is 4.61. The van der Waals surface area contributed by atoms with Crippen molar-refractivity contribution in [3.63, 3.8) is 0 Å². The second-order valence-corrected chi connectivity index (χ2v) is 6.57. The number of carbonyl (C=O) groups is 3. The van der Waals surface area contributed by atoms with Gasteiger partial charge in [-0.15, -0.1) is 0 Å². The number of alkyl halides is 3. The Morgan fingerprint density at radius 2 is 1.93 bits per heavy atom. The fourth-order valence-corrected chi connectivity index (χ4v) is 2.78. The molecular formula is C17H21F3N4O4. The number of rotatable bonds is 3. The first kappa shape index (κ1) is 21.5. The standard InChI is InChI=1S/C15H20N4O2.C2HF3O2/c1-9-12(16)3-2-4-13(9)18-15(21)10-5-14(20)19(8-10)11-6-17-7-11;3-2(4,5)1(6)7/h2-4,10-11,17H,5-8,16H2,1H3,(H,18,21);(H,6,7). The molecule has 28 heavy (non-hydrogen) atoms. The molecule has 1 unspecified atom stereocenters. The number of carboxylic acids is 1. The van der Waals surface area contributed by atoms with Crippen molar-refractivity contribution in [3.8, 4) is 0 Å². The minimum Gasteiger partial charge on any atom is -0.475 e. The van der Waals surface area contributed by atoms with Gasteiger partial charge >= 0.3 is 12.1 Å². The van der Waals surface area contributed by atoms with Crippen LogP contribution in [0, 0.1) is 12.8 Å². The summed E-state index contributed by atoms with van der Waals surface area (Å²) in [5.74, 6) is -3.07. The Bertz CT molecular complexity index is 765. The number of carbonyl (C=O) groups excluding carboxylic acids is 2. The van der Waals surface area contributed by atoms with Crippen molar-refractivity contribution in [3.05, 3.63) is 23.8 Å². The molecule has 5 N–H and O–H groups in total. The molecule has 2 saturated heterocycles. The molecule has 1 aromatic carbocycles. The number of nitrogens with zero attached hydrogens (tertiary/aromatic N) is 1. The lowest BCUT2D eigenvalue weighted by Gasteiger charge is -2.35. The van der Waals surface area contributed by atoms with Gasteiger partial charge in [0.25, 0.3) is 0 Å². The van der Waals surface area contributed by atoms with Crippen LogP contribution < -0.4 is 16.4 Å². The van der Waals surface area contributed by atoms with Crippen molar-refractivity contribution in [1.82, 2.24) is 10.2 Å². The molecule has 0 radical (unpaired) electrons. The number of carboxylic acid groups (broad SMARTS) is 1. The predicted molar refractivity (Wildman–Crippen MR) is 94.4 cm³/mol. The smallest absolute Gasteiger partial charge is 0.475 e. The van der Waals surface area contributed by atoms with Crippen LogP contribution in [0.2, 0.25) is 0 Å². The summed E-state index contributed by atoms with van der Waals surface area (Å²) in [7, 11) is 0. The molecular weight excluding hydrogens is 381 g/mol. The van der Waals surface area contributed by atoms with E-state index in [1.165, 1.54) is 0 Å². The number of aliphatic carboxylic acids is 1. The highest BCUT2D eigenvalue weighted by Crippen LogP contribution is 2.25. The van der Waals surface area contributed by atoms with Crippen LogP contribution in [0.15, 0.2) is 18.2 Å². The van der Waals surface area contributed by atoms with Crippen LogP contribution in [-0.2, 0) is 14.4 Å². The van der Waals surface area contributed by atoms with Crippen LogP contribution in [-0.4, -0.2) is 59.6 Å². The van der Waals surface area contributed by atoms with Crippen molar-refractivity contribution < 1.29 is 32.7 Å². The molecule has 0 aliphatic carbocycles. The first-order chi connectivity index (χ1) is 13.0. The minimum absolute atomic E-state index is 0.0750. The molecule has 8 nitrogen and oxygen atoms in total. The third kappa shape index (κ3) is 5.12. The van der Waals surface area contributed by atoms with Crippen LogP contribution in [0.4, 0.5) is 24.5 Å². The summed E-state index contributed by atoms with van der Waals surface area (Å²) < 4.78 is 31.7. The Labute approximate surface area is 158 Å². The van der Waals surface area contributed by atoms with Crippen molar-refractivity contribution in [1.29, 1.82) is 0 Å². The van der Waals surface area contributed by atoms with Gasteiger partial charge in [-0.1, -0.05) is 6.07 Å². The third-order valence-electron chi connectivity index (χ3n) is 4.61. The number of hydrogen-bond acceptors (Lipinski definition) is 5. The summed E-state index contributed by atoms with van der Waals surface area (Å²) in [5, 5.41) is 13.2. The summed E-state index contributed by atoms with van der Waals surface area (Å²) in [4.78, 5) is 35.1. The van der Waals surface area contributed by atoms with Gasteiger partial charge in [0.1, 0.15) is 0 Å². The number of likely N-dealkylation sites (tertiary alicyclic amines) is 1. The van der Waals surface area contributed by atoms with E-state index in [2.05, 4.69) is 10.6 Å². The molecule has 1 atom stereocenters. The molecule has 11 heteroatoms. The number of benzene rings is 1. The number of hydrogen-bond donors (Lipinski definition) is 4. The van der Waals surface area contributed by atoms with Crippen molar-refractivity contribution in [2.24, 2.45) is 5.92 Å². The van der Waals surface area contributed by atoms with Gasteiger partial charge < -0.3 is 26.4 Å². The van der Waals surface area contributed by atoms with Crippen LogP contribution in [0.25, 0.3) is 0 Å². The normalized spacial score (nSPS) is 19.5. The Balaban J connectivity index is 0.000000345. The number of anilines is 2. The van der Waals surface area contributed by atoms with E-state index in [0.29, 0.717) is 18.7 Å². The Morgan fingerprint density at radius 1 is 1.32 bits per heavy atom. The van der Waals surface area contributed by atoms with Gasteiger partial charge in [-0.05, 0) is 24.6 Å². The van der Waals surface area contributed by atoms with Crippen LogP contribution in [0.1, 0.15) is 12.0 Å². The number of nitrogen functional groups attached to an aromatic ring is 1. The number of amides is 2. The van der Waals surface area contributed by atoms with Crippen molar-refractivity contribution >= 4 is 29.2 Å². The summed E-state index contributed by atoms with van der Waals surface area (Å²) in [6.45, 7) is 4.04. The van der Waals surface area contributed by atoms with Gasteiger partial charge in [-0.3, -0.25) is 9.59 Å². The van der Waals surface area contributed by atoms with Crippen LogP contribution in [0.3, 0.4) is 0 Å². The van der Waals surface area contributed by atoms with Crippen LogP contribution >= 0.6 is 0 Å². The molecule has 2 heterocycles. The highest BCUT2D eigenvalue weighted by Gasteiger charge is 2.40. The second kappa shape index (κ2) is 8.46. The van der Waals surface area contributed by atoms with E-state index >= 15 is 0 Å². The number of nitrogens with two attached hydrogens (primary N) is 1. The predicted octanol–water partition coefficient (Wildman–Crippen LogP) is 0.969. The molecule has 0 aromatic heterocycles. The fourth-order valence-electron chi connectivity index (χ4n) is 2.78. The topological polar surface area (TPSA) is 125 Å². The van der Waals surface area contributed by atoms with Gasteiger partial charge in [0.05, 0.1) is 12.0 Å². The SMILES string of the molecule is Cc1c(N)cccc1NC(=O)C1CC(=O)N(C2CNC2)C1.O=C(O)C(F)(F)F. The van der Waals surface area contributed by atoms with Crippen LogP contribution in [0.5, 0.6) is 0 Å². The monoisotopic (exact) mass is 402 g/mol. The Hall–Kier alpha value is -2.82. The van der Waals surface area contributed by atoms with E-state index in [1.807, 2.05) is 24.0 Å². The maximum Gasteiger partial charge on any atom is 0.490 e. The van der Waals surface area contributed by atoms with E-state index in [1.54, 1.807) is 6.07 Å². The fraction of sp³-hybridized carbons (Fsp3) is 0.471. The Morgan fingerprint density at radius 3 is 2.43 bits per heavy atom. The van der Waals surface area contributed by atoms with Gasteiger partial charge in [0.15, 0.2) is 0 Å². The molecule has 2 aliphatic heterocycles. The van der Waals surface area contributed by atoms with Crippen molar-refractivity contribution in [2.75, 3.05) is 30.7 Å². The Kier molecular flexibility index (Phi) is 6.49. The van der Waals surface area contributed by atoms with Gasteiger partial charge in [0.2, 0.25) is 11.8 Å². The zero-order valence-electron chi connectivity index (χ0n) is 15.0. The summed E-state index contributed by atoms with van der Waals surface area (Å²) >= 11 is 0. The average molecular weight is 402 g/mol. The number of nitrogens with one attached hydrogen (secondary N) is 2. The van der Waals surface area contributed by atoms with E-state index < -0.39 is 12.1 Å². The van der Waals surface area contributed by atoms with Gasteiger partial charge in [-0.25, -0.2) is 4.79 Å². The minimum atomic E-state index is -5.08. The molecule has 0 bridgehead atoms. The first-order valence-corrected chi connectivity index (χ1v) is 8.47. The largest absolute Gasteiger partial charge is 0.490 e. The van der Waals surface area contributed by atoms with E-state index in [-0.39, 0.29) is 23.8 Å². The first-order valence-electron chi connectivity index (χ1n) is 8.47. The lowest BCUT2D eigenvalue weighted by Crippen LogP contribution is -2.57. The molecule has 0 saturated carbocycles. The summed E-state index contributed by atoms with van der Waals surface area (Å²) in [6, 6.07) is 5.69. The summed E-state index contributed by atoms with van der Waals surface area (Å²) in [6.07, 6.45) is -4.79. The molecule has 2 amide bonds. The summed E-state index contributed by atoms with van der Waals surface area (Å²) in [5.41, 5.74) is 8.06. The molecule has 3 rings (SSSR count). The molecule has 0 spiro atoms. The quantitative estimate of drug-likeness (QED) is 0.559. The lowest BCUT2D eigenvalue weighted by molar-refractivity contribution is -0.192. The molecule has 2 fully saturated rings. The van der Waals surface area contributed by atoms with E-state index in [4.69, 9.17) is 15.6 Å².